The zero-order chi connectivity index (χ0) is 18.5. The molecule has 0 atom stereocenters. The number of nitrogens with one attached hydrogen (secondary N) is 2. The molecule has 0 saturated carbocycles. The van der Waals surface area contributed by atoms with Gasteiger partial charge in [0.1, 0.15) is 0 Å². The molecule has 1 aromatic heterocycles. The summed E-state index contributed by atoms with van der Waals surface area (Å²) in [6.07, 6.45) is 3.59. The van der Waals surface area contributed by atoms with Crippen molar-refractivity contribution in [1.29, 1.82) is 0 Å². The molecule has 1 heterocycles. The van der Waals surface area contributed by atoms with E-state index in [0.717, 1.165) is 16.8 Å². The van der Waals surface area contributed by atoms with Crippen LogP contribution in [0.1, 0.15) is 11.1 Å². The summed E-state index contributed by atoms with van der Waals surface area (Å²) in [4.78, 5) is 0. The summed E-state index contributed by atoms with van der Waals surface area (Å²) in [5, 5.41) is 12.9. The second-order valence-electron chi connectivity index (χ2n) is 5.61. The molecule has 0 aliphatic rings. The van der Waals surface area contributed by atoms with Gasteiger partial charge in [-0.15, -0.1) is 0 Å². The van der Waals surface area contributed by atoms with Crippen LogP contribution in [-0.2, 0) is 13.1 Å². The zero-order valence-corrected chi connectivity index (χ0v) is 16.6. The second-order valence-corrected chi connectivity index (χ2v) is 7.27. The Morgan fingerprint density at radius 3 is 2.46 bits per heavy atom. The maximum atomic E-state index is 6.04. The van der Waals surface area contributed by atoms with E-state index >= 15 is 0 Å². The lowest BCUT2D eigenvalue weighted by atomic mass is 10.2. The van der Waals surface area contributed by atoms with Crippen molar-refractivity contribution in [2.24, 2.45) is 0 Å². The minimum absolute atomic E-state index is 0.522. The van der Waals surface area contributed by atoms with Crippen LogP contribution < -0.4 is 10.6 Å². The predicted molar refractivity (Wildman–Crippen MR) is 112 cm³/mol. The zero-order valence-electron chi connectivity index (χ0n) is 13.5. The number of rotatable bonds is 5. The Labute approximate surface area is 172 Å². The normalized spacial score (nSPS) is 10.6. The maximum Gasteiger partial charge on any atom is 0.171 e. The van der Waals surface area contributed by atoms with Gasteiger partial charge in [-0.05, 0) is 47.6 Å². The van der Waals surface area contributed by atoms with Crippen molar-refractivity contribution in [3.05, 3.63) is 81.1 Å². The van der Waals surface area contributed by atoms with Crippen LogP contribution in [0.2, 0.25) is 15.1 Å². The fraction of sp³-hybridized carbons (Fsp3) is 0.111. The quantitative estimate of drug-likeness (QED) is 0.539. The minimum atomic E-state index is 0.522. The van der Waals surface area contributed by atoms with Crippen molar-refractivity contribution >= 4 is 57.8 Å². The van der Waals surface area contributed by atoms with Crippen LogP contribution >= 0.6 is 47.0 Å². The monoisotopic (exact) mass is 424 g/mol. The molecule has 0 saturated heterocycles. The molecule has 134 valence electrons. The summed E-state index contributed by atoms with van der Waals surface area (Å²) in [5.74, 6) is 0. The molecular weight excluding hydrogens is 411 g/mol. The molecule has 0 bridgehead atoms. The fourth-order valence-corrected chi connectivity index (χ4v) is 2.94. The van der Waals surface area contributed by atoms with Crippen LogP contribution in [0.5, 0.6) is 0 Å². The van der Waals surface area contributed by atoms with E-state index in [1.54, 1.807) is 16.9 Å². The highest BCUT2D eigenvalue weighted by Gasteiger charge is 2.04. The van der Waals surface area contributed by atoms with E-state index in [2.05, 4.69) is 15.7 Å². The van der Waals surface area contributed by atoms with E-state index in [4.69, 9.17) is 47.0 Å². The Bertz CT molecular complexity index is 909. The largest absolute Gasteiger partial charge is 0.358 e. The van der Waals surface area contributed by atoms with Crippen molar-refractivity contribution in [2.45, 2.75) is 13.1 Å². The average Bonchev–Trinajstić information content (AvgIpc) is 3.04. The van der Waals surface area contributed by atoms with Crippen molar-refractivity contribution in [3.63, 3.8) is 0 Å². The molecule has 2 N–H and O–H groups in total. The highest BCUT2D eigenvalue weighted by atomic mass is 35.5. The van der Waals surface area contributed by atoms with Gasteiger partial charge >= 0.3 is 0 Å². The van der Waals surface area contributed by atoms with Gasteiger partial charge in [-0.2, -0.15) is 5.10 Å². The van der Waals surface area contributed by atoms with E-state index in [-0.39, 0.29) is 0 Å². The van der Waals surface area contributed by atoms with Gasteiger partial charge in [0, 0.05) is 17.8 Å². The van der Waals surface area contributed by atoms with E-state index in [1.165, 1.54) is 0 Å². The Morgan fingerprint density at radius 2 is 1.73 bits per heavy atom. The Morgan fingerprint density at radius 1 is 1.00 bits per heavy atom. The lowest BCUT2D eigenvalue weighted by molar-refractivity contribution is 0.687. The summed E-state index contributed by atoms with van der Waals surface area (Å²) in [6.45, 7) is 1.20. The number of anilines is 1. The predicted octanol–water partition coefficient (Wildman–Crippen LogP) is 5.38. The first-order valence-electron chi connectivity index (χ1n) is 7.75. The van der Waals surface area contributed by atoms with Crippen LogP contribution in [-0.4, -0.2) is 14.9 Å². The topological polar surface area (TPSA) is 41.9 Å². The fourth-order valence-electron chi connectivity index (χ4n) is 2.30. The lowest BCUT2D eigenvalue weighted by Crippen LogP contribution is -2.27. The first kappa shape index (κ1) is 19.0. The van der Waals surface area contributed by atoms with Crippen molar-refractivity contribution in [2.75, 3.05) is 5.32 Å². The summed E-state index contributed by atoms with van der Waals surface area (Å²) in [7, 11) is 0. The van der Waals surface area contributed by atoms with Crippen LogP contribution in [0.15, 0.2) is 54.9 Å². The van der Waals surface area contributed by atoms with Crippen LogP contribution in [0.3, 0.4) is 0 Å². The van der Waals surface area contributed by atoms with Gasteiger partial charge in [-0.25, -0.2) is 0 Å². The average molecular weight is 426 g/mol. The first-order valence-corrected chi connectivity index (χ1v) is 9.29. The Kier molecular flexibility index (Phi) is 6.38. The molecule has 3 rings (SSSR count). The van der Waals surface area contributed by atoms with Crippen LogP contribution in [0, 0.1) is 0 Å². The molecule has 8 heteroatoms. The molecule has 2 aromatic carbocycles. The molecule has 0 aliphatic carbocycles. The Balaban J connectivity index is 1.53. The van der Waals surface area contributed by atoms with Crippen molar-refractivity contribution in [3.8, 4) is 0 Å². The van der Waals surface area contributed by atoms with Crippen molar-refractivity contribution in [1.82, 2.24) is 15.1 Å². The highest BCUT2D eigenvalue weighted by Crippen LogP contribution is 2.23. The molecule has 3 aromatic rings. The van der Waals surface area contributed by atoms with Gasteiger partial charge in [0.05, 0.1) is 28.5 Å². The standard InChI is InChI=1S/C18H15Cl3N4S/c19-14-4-1-12(2-5-14)8-22-18(26)24-15-9-23-25(11-15)10-13-3-6-16(20)17(21)7-13/h1-7,9,11H,8,10H2,(H2,22,24,26). The summed E-state index contributed by atoms with van der Waals surface area (Å²) < 4.78 is 1.80. The van der Waals surface area contributed by atoms with Gasteiger partial charge in [0.25, 0.3) is 0 Å². The highest BCUT2D eigenvalue weighted by molar-refractivity contribution is 7.80. The van der Waals surface area contributed by atoms with Gasteiger partial charge in [-0.3, -0.25) is 4.68 Å². The Hall–Kier alpha value is -1.79. The minimum Gasteiger partial charge on any atom is -0.358 e. The van der Waals surface area contributed by atoms with Gasteiger partial charge < -0.3 is 10.6 Å². The van der Waals surface area contributed by atoms with E-state index < -0.39 is 0 Å². The van der Waals surface area contributed by atoms with Crippen LogP contribution in [0.25, 0.3) is 0 Å². The van der Waals surface area contributed by atoms with E-state index in [0.29, 0.717) is 33.3 Å². The molecule has 0 aliphatic heterocycles. The smallest absolute Gasteiger partial charge is 0.171 e. The third-order valence-corrected chi connectivity index (χ3v) is 4.82. The maximum absolute atomic E-state index is 6.04. The van der Waals surface area contributed by atoms with Gasteiger partial charge in [0.15, 0.2) is 5.11 Å². The SMILES string of the molecule is S=C(NCc1ccc(Cl)cc1)Nc1cnn(Cc2ccc(Cl)c(Cl)c2)c1. The number of hydrogen-bond donors (Lipinski definition) is 2. The number of thiocarbonyl (C=S) groups is 1. The lowest BCUT2D eigenvalue weighted by Gasteiger charge is -2.09. The molecule has 4 nitrogen and oxygen atoms in total. The molecule has 0 spiro atoms. The molecule has 0 unspecified atom stereocenters. The van der Waals surface area contributed by atoms with E-state index in [1.807, 2.05) is 42.6 Å². The second kappa shape index (κ2) is 8.73. The third-order valence-electron chi connectivity index (χ3n) is 3.59. The van der Waals surface area contributed by atoms with E-state index in [9.17, 15) is 0 Å². The molecule has 0 amide bonds. The van der Waals surface area contributed by atoms with Crippen LogP contribution in [0.4, 0.5) is 5.69 Å². The molecule has 0 fully saturated rings. The number of nitrogens with zero attached hydrogens (tertiary/aromatic N) is 2. The van der Waals surface area contributed by atoms with Gasteiger partial charge in [-0.1, -0.05) is 53.0 Å². The summed E-state index contributed by atoms with van der Waals surface area (Å²) in [5.41, 5.74) is 2.91. The number of hydrogen-bond acceptors (Lipinski definition) is 2. The van der Waals surface area contributed by atoms with Crippen molar-refractivity contribution < 1.29 is 0 Å². The molecular formula is C18H15Cl3N4S. The number of aromatic nitrogens is 2. The first-order chi connectivity index (χ1) is 12.5. The van der Waals surface area contributed by atoms with Gasteiger partial charge in [0.2, 0.25) is 0 Å². The number of benzene rings is 2. The molecule has 26 heavy (non-hydrogen) atoms. The summed E-state index contributed by atoms with van der Waals surface area (Å²) in [6, 6.07) is 13.1. The summed E-state index contributed by atoms with van der Waals surface area (Å²) >= 11 is 23.2. The number of halogens is 3. The third kappa shape index (κ3) is 5.35. The molecule has 0 radical (unpaired) electrons.